The summed E-state index contributed by atoms with van der Waals surface area (Å²) in [6.45, 7) is 3.33. The molecule has 0 aromatic heterocycles. The molecular formula is C26H30N2O5. The van der Waals surface area contributed by atoms with Crippen LogP contribution in [0.4, 0.5) is 4.79 Å². The van der Waals surface area contributed by atoms with Gasteiger partial charge < -0.3 is 20.5 Å². The highest BCUT2D eigenvalue weighted by molar-refractivity contribution is 5.94. The molecule has 0 heterocycles. The second kappa shape index (κ2) is 8.89. The minimum atomic E-state index is -1.39. The van der Waals surface area contributed by atoms with Crippen LogP contribution in [-0.2, 0) is 14.3 Å². The molecule has 1 unspecified atom stereocenters. The van der Waals surface area contributed by atoms with Crippen molar-refractivity contribution in [1.82, 2.24) is 10.6 Å². The first kappa shape index (κ1) is 22.8. The summed E-state index contributed by atoms with van der Waals surface area (Å²) in [7, 11) is 0. The van der Waals surface area contributed by atoms with Crippen molar-refractivity contribution in [3.63, 3.8) is 0 Å². The van der Waals surface area contributed by atoms with E-state index in [2.05, 4.69) is 22.8 Å². The quantitative estimate of drug-likeness (QED) is 0.586. The average molecular weight is 451 g/mol. The summed E-state index contributed by atoms with van der Waals surface area (Å²) in [5.41, 5.74) is 1.95. The van der Waals surface area contributed by atoms with Crippen molar-refractivity contribution >= 4 is 18.0 Å². The number of alkyl carbamates (subject to hydrolysis) is 1. The molecule has 1 atom stereocenters. The number of hydrogen-bond donors (Lipinski definition) is 3. The van der Waals surface area contributed by atoms with Crippen LogP contribution < -0.4 is 10.6 Å². The first-order chi connectivity index (χ1) is 15.8. The number of fused-ring (bicyclic) bond motifs is 3. The highest BCUT2D eigenvalue weighted by Crippen LogP contribution is 2.44. The molecule has 4 rings (SSSR count). The van der Waals surface area contributed by atoms with Crippen LogP contribution in [0.15, 0.2) is 48.5 Å². The monoisotopic (exact) mass is 450 g/mol. The van der Waals surface area contributed by atoms with E-state index in [0.29, 0.717) is 12.8 Å². The molecule has 0 spiro atoms. The van der Waals surface area contributed by atoms with E-state index in [1.807, 2.05) is 36.4 Å². The molecule has 2 aromatic carbocycles. The zero-order valence-corrected chi connectivity index (χ0v) is 19.0. The molecule has 33 heavy (non-hydrogen) atoms. The van der Waals surface area contributed by atoms with Crippen molar-refractivity contribution in [1.29, 1.82) is 0 Å². The standard InChI is InChI=1S/C26H30N2O5/c1-3-25(2,23(30)31)27-22(29)26(14-8-9-15-26)28-24(32)33-16-21-19-12-6-4-10-17(19)18-11-5-7-13-20(18)21/h4-7,10-13,21H,3,8-9,14-16H2,1-2H3,(H,27,29)(H,28,32)(H,30,31). The molecule has 0 bridgehead atoms. The number of carbonyl (C=O) groups excluding carboxylic acids is 2. The van der Waals surface area contributed by atoms with Crippen LogP contribution in [0, 0.1) is 0 Å². The van der Waals surface area contributed by atoms with E-state index in [0.717, 1.165) is 35.1 Å². The number of nitrogens with one attached hydrogen (secondary N) is 2. The Morgan fingerprint density at radius 2 is 1.58 bits per heavy atom. The number of rotatable bonds is 7. The van der Waals surface area contributed by atoms with Gasteiger partial charge >= 0.3 is 12.1 Å². The topological polar surface area (TPSA) is 105 Å². The predicted molar refractivity (Wildman–Crippen MR) is 124 cm³/mol. The van der Waals surface area contributed by atoms with Gasteiger partial charge in [-0.2, -0.15) is 0 Å². The van der Waals surface area contributed by atoms with Crippen molar-refractivity contribution in [3.05, 3.63) is 59.7 Å². The summed E-state index contributed by atoms with van der Waals surface area (Å²) < 4.78 is 5.63. The van der Waals surface area contributed by atoms with Gasteiger partial charge in [0, 0.05) is 5.92 Å². The van der Waals surface area contributed by atoms with Crippen LogP contribution in [0.3, 0.4) is 0 Å². The van der Waals surface area contributed by atoms with Gasteiger partial charge in [0.05, 0.1) is 0 Å². The molecular weight excluding hydrogens is 420 g/mol. The first-order valence-electron chi connectivity index (χ1n) is 11.5. The van der Waals surface area contributed by atoms with Crippen LogP contribution in [0.1, 0.15) is 63.0 Å². The fraction of sp³-hybridized carbons (Fsp3) is 0.423. The Hall–Kier alpha value is -3.35. The third-order valence-corrected chi connectivity index (χ3v) is 7.15. The van der Waals surface area contributed by atoms with Gasteiger partial charge in [0.1, 0.15) is 17.7 Å². The molecule has 1 fully saturated rings. The maximum Gasteiger partial charge on any atom is 0.408 e. The number of hydrogen-bond acceptors (Lipinski definition) is 4. The Labute approximate surface area is 193 Å². The second-order valence-corrected chi connectivity index (χ2v) is 9.18. The summed E-state index contributed by atoms with van der Waals surface area (Å²) in [6.07, 6.45) is 2.00. The summed E-state index contributed by atoms with van der Waals surface area (Å²) in [5.74, 6) is -1.65. The Bertz CT molecular complexity index is 1030. The van der Waals surface area contributed by atoms with Crippen molar-refractivity contribution < 1.29 is 24.2 Å². The van der Waals surface area contributed by atoms with E-state index >= 15 is 0 Å². The number of ether oxygens (including phenoxy) is 1. The van der Waals surface area contributed by atoms with E-state index in [9.17, 15) is 19.5 Å². The minimum absolute atomic E-state index is 0.0769. The van der Waals surface area contributed by atoms with Crippen molar-refractivity contribution in [3.8, 4) is 11.1 Å². The van der Waals surface area contributed by atoms with Gasteiger partial charge in [0.15, 0.2) is 0 Å². The highest BCUT2D eigenvalue weighted by Gasteiger charge is 2.46. The maximum atomic E-state index is 13.1. The van der Waals surface area contributed by atoms with Crippen LogP contribution in [0.2, 0.25) is 0 Å². The molecule has 0 radical (unpaired) electrons. The summed E-state index contributed by atoms with van der Waals surface area (Å²) in [5, 5.41) is 15.0. The third kappa shape index (κ3) is 4.19. The van der Waals surface area contributed by atoms with E-state index < -0.39 is 29.0 Å². The Morgan fingerprint density at radius 3 is 2.09 bits per heavy atom. The Balaban J connectivity index is 1.47. The molecule has 1 saturated carbocycles. The minimum Gasteiger partial charge on any atom is -0.480 e. The van der Waals surface area contributed by atoms with Gasteiger partial charge in [-0.3, -0.25) is 4.79 Å². The summed E-state index contributed by atoms with van der Waals surface area (Å²) >= 11 is 0. The van der Waals surface area contributed by atoms with Gasteiger partial charge in [0.2, 0.25) is 5.91 Å². The number of benzene rings is 2. The normalized spacial score (nSPS) is 18.0. The summed E-state index contributed by atoms with van der Waals surface area (Å²) in [6, 6.07) is 16.2. The zero-order chi connectivity index (χ0) is 23.6. The van der Waals surface area contributed by atoms with E-state index in [1.165, 1.54) is 6.92 Å². The van der Waals surface area contributed by atoms with Gasteiger partial charge in [-0.15, -0.1) is 0 Å². The molecule has 0 aliphatic heterocycles. The lowest BCUT2D eigenvalue weighted by atomic mass is 9.92. The highest BCUT2D eigenvalue weighted by atomic mass is 16.5. The number of aliphatic carboxylic acids is 1. The van der Waals surface area contributed by atoms with Crippen molar-refractivity contribution in [2.45, 2.75) is 62.9 Å². The SMILES string of the molecule is CCC(C)(NC(=O)C1(NC(=O)OCC2c3ccccc3-c3ccccc32)CCCC1)C(=O)O. The molecule has 7 heteroatoms. The van der Waals surface area contributed by atoms with E-state index in [-0.39, 0.29) is 18.9 Å². The van der Waals surface area contributed by atoms with Crippen LogP contribution in [-0.4, -0.2) is 40.8 Å². The Kier molecular flexibility index (Phi) is 6.15. The number of amides is 2. The van der Waals surface area contributed by atoms with Gasteiger partial charge in [-0.1, -0.05) is 68.3 Å². The van der Waals surface area contributed by atoms with E-state index in [4.69, 9.17) is 4.74 Å². The first-order valence-corrected chi connectivity index (χ1v) is 11.5. The maximum absolute atomic E-state index is 13.1. The van der Waals surface area contributed by atoms with Crippen LogP contribution >= 0.6 is 0 Å². The van der Waals surface area contributed by atoms with Crippen LogP contribution in [0.5, 0.6) is 0 Å². The van der Waals surface area contributed by atoms with Crippen molar-refractivity contribution in [2.75, 3.05) is 6.61 Å². The fourth-order valence-corrected chi connectivity index (χ4v) is 4.88. The number of carbonyl (C=O) groups is 3. The van der Waals surface area contributed by atoms with Gasteiger partial charge in [0.25, 0.3) is 0 Å². The lowest BCUT2D eigenvalue weighted by Crippen LogP contribution is -2.63. The average Bonchev–Trinajstić information content (AvgIpc) is 3.41. The largest absolute Gasteiger partial charge is 0.480 e. The lowest BCUT2D eigenvalue weighted by Gasteiger charge is -2.33. The molecule has 0 saturated heterocycles. The molecule has 174 valence electrons. The molecule has 7 nitrogen and oxygen atoms in total. The lowest BCUT2D eigenvalue weighted by molar-refractivity contribution is -0.148. The molecule has 2 aliphatic rings. The zero-order valence-electron chi connectivity index (χ0n) is 19.0. The molecule has 2 amide bonds. The molecule has 2 aromatic rings. The molecule has 2 aliphatic carbocycles. The van der Waals surface area contributed by atoms with Gasteiger partial charge in [-0.25, -0.2) is 9.59 Å². The van der Waals surface area contributed by atoms with Crippen molar-refractivity contribution in [2.24, 2.45) is 0 Å². The number of carboxylic acid groups (broad SMARTS) is 1. The predicted octanol–water partition coefficient (Wildman–Crippen LogP) is 4.21. The Morgan fingerprint density at radius 1 is 1.03 bits per heavy atom. The summed E-state index contributed by atoms with van der Waals surface area (Å²) in [4.78, 5) is 37.6. The van der Waals surface area contributed by atoms with Gasteiger partial charge in [-0.05, 0) is 48.4 Å². The smallest absolute Gasteiger partial charge is 0.408 e. The molecule has 3 N–H and O–H groups in total. The van der Waals surface area contributed by atoms with E-state index in [1.54, 1.807) is 6.92 Å². The third-order valence-electron chi connectivity index (χ3n) is 7.15. The second-order valence-electron chi connectivity index (χ2n) is 9.18. The fourth-order valence-electron chi connectivity index (χ4n) is 4.88. The number of carboxylic acids is 1. The van der Waals surface area contributed by atoms with Crippen LogP contribution in [0.25, 0.3) is 11.1 Å².